The van der Waals surface area contributed by atoms with E-state index in [2.05, 4.69) is 54.5 Å². The number of allylic oxidation sites excluding steroid dienone is 7. The van der Waals surface area contributed by atoms with Crippen molar-refractivity contribution in [3.05, 3.63) is 76.4 Å². The number of rotatable bonds is 6. The Morgan fingerprint density at radius 1 is 1.20 bits per heavy atom. The first kappa shape index (κ1) is 22.3. The third kappa shape index (κ3) is 5.40. The molecular weight excluding hydrogens is 392 g/mol. The maximum Gasteiger partial charge on any atom is 0.231 e. The van der Waals surface area contributed by atoms with Crippen molar-refractivity contribution >= 4 is 28.9 Å². The normalized spacial score (nSPS) is 22.6. The Bertz CT molecular complexity index is 919. The van der Waals surface area contributed by atoms with Crippen molar-refractivity contribution in [3.8, 4) is 0 Å². The number of nitrogens with one attached hydrogen (secondary N) is 1. The molecular formula is C26H31ClN2O. The molecule has 0 aromatic heterocycles. The van der Waals surface area contributed by atoms with Gasteiger partial charge in [-0.15, -0.1) is 0 Å². The minimum atomic E-state index is -0.130. The highest BCUT2D eigenvalue weighted by Gasteiger charge is 2.25. The van der Waals surface area contributed by atoms with Gasteiger partial charge in [0.2, 0.25) is 5.91 Å². The Kier molecular flexibility index (Phi) is 7.87. The van der Waals surface area contributed by atoms with Gasteiger partial charge < -0.3 is 5.32 Å². The first-order valence-corrected chi connectivity index (χ1v) is 11.3. The molecule has 1 aromatic carbocycles. The molecule has 0 radical (unpaired) electrons. The Morgan fingerprint density at radius 3 is 2.57 bits per heavy atom. The molecule has 0 aliphatic heterocycles. The van der Waals surface area contributed by atoms with Crippen LogP contribution in [0.2, 0.25) is 5.02 Å². The highest BCUT2D eigenvalue weighted by Crippen LogP contribution is 2.36. The molecule has 1 N–H and O–H groups in total. The van der Waals surface area contributed by atoms with Gasteiger partial charge in [0.1, 0.15) is 0 Å². The van der Waals surface area contributed by atoms with Crippen molar-refractivity contribution in [2.24, 2.45) is 16.8 Å². The van der Waals surface area contributed by atoms with Gasteiger partial charge in [0.15, 0.2) is 0 Å². The van der Waals surface area contributed by atoms with Crippen molar-refractivity contribution in [1.82, 2.24) is 0 Å². The number of anilines is 1. The van der Waals surface area contributed by atoms with Crippen molar-refractivity contribution in [1.29, 1.82) is 0 Å². The number of amides is 1. The Morgan fingerprint density at radius 2 is 1.93 bits per heavy atom. The van der Waals surface area contributed by atoms with Crippen LogP contribution in [-0.4, -0.2) is 18.2 Å². The molecule has 2 aliphatic rings. The predicted molar refractivity (Wildman–Crippen MR) is 128 cm³/mol. The molecule has 0 saturated heterocycles. The second-order valence-electron chi connectivity index (χ2n) is 7.84. The summed E-state index contributed by atoms with van der Waals surface area (Å²) < 4.78 is 0. The molecule has 3 nitrogen and oxygen atoms in total. The molecule has 3 rings (SSSR count). The number of benzene rings is 1. The first-order chi connectivity index (χ1) is 14.5. The largest absolute Gasteiger partial charge is 0.326 e. The third-order valence-corrected chi connectivity index (χ3v) is 6.21. The fourth-order valence-corrected chi connectivity index (χ4v) is 4.39. The van der Waals surface area contributed by atoms with Gasteiger partial charge in [0.05, 0.1) is 11.6 Å². The second kappa shape index (κ2) is 10.6. The molecule has 1 unspecified atom stereocenters. The summed E-state index contributed by atoms with van der Waals surface area (Å²) in [5, 5.41) is 3.67. The molecule has 158 valence electrons. The number of carbonyl (C=O) groups excluding carboxylic acids is 1. The van der Waals surface area contributed by atoms with Gasteiger partial charge in [-0.3, -0.25) is 9.79 Å². The van der Waals surface area contributed by atoms with Crippen molar-refractivity contribution in [3.63, 3.8) is 0 Å². The van der Waals surface area contributed by atoms with Gasteiger partial charge in [0, 0.05) is 17.3 Å². The molecule has 1 aromatic rings. The van der Waals surface area contributed by atoms with Crippen LogP contribution in [0.3, 0.4) is 0 Å². The fourth-order valence-electron chi connectivity index (χ4n) is 4.27. The smallest absolute Gasteiger partial charge is 0.231 e. The number of nitrogens with zero attached hydrogens (tertiary/aromatic N) is 1. The first-order valence-electron chi connectivity index (χ1n) is 10.9. The average molecular weight is 423 g/mol. The fraction of sp³-hybridized carbons (Fsp3) is 0.385. The molecule has 4 heteroatoms. The van der Waals surface area contributed by atoms with Gasteiger partial charge >= 0.3 is 0 Å². The average Bonchev–Trinajstić information content (AvgIpc) is 2.77. The van der Waals surface area contributed by atoms with Crippen LogP contribution in [-0.2, 0) is 4.79 Å². The summed E-state index contributed by atoms with van der Waals surface area (Å²) in [6.07, 6.45) is 14.8. The van der Waals surface area contributed by atoms with Crippen LogP contribution < -0.4 is 5.32 Å². The van der Waals surface area contributed by atoms with Crippen LogP contribution in [0.5, 0.6) is 0 Å². The SMILES string of the molecule is CCN=C1C=CC=C/C1=C(/CC)C1CC=C([C@@H](C)C(=O)Nc2ccc(Cl)cc2)CC1. The van der Waals surface area contributed by atoms with Crippen molar-refractivity contribution < 1.29 is 4.79 Å². The van der Waals surface area contributed by atoms with E-state index in [-0.39, 0.29) is 11.8 Å². The van der Waals surface area contributed by atoms with Crippen LogP contribution in [0.4, 0.5) is 5.69 Å². The van der Waals surface area contributed by atoms with E-state index in [0.29, 0.717) is 10.9 Å². The number of halogens is 1. The van der Waals surface area contributed by atoms with E-state index in [9.17, 15) is 4.79 Å². The van der Waals surface area contributed by atoms with E-state index in [4.69, 9.17) is 11.6 Å². The molecule has 0 saturated carbocycles. The third-order valence-electron chi connectivity index (χ3n) is 5.96. The van der Waals surface area contributed by atoms with Crippen LogP contribution in [0.25, 0.3) is 0 Å². The van der Waals surface area contributed by atoms with E-state index in [1.54, 1.807) is 12.1 Å². The van der Waals surface area contributed by atoms with E-state index >= 15 is 0 Å². The number of hydrogen-bond acceptors (Lipinski definition) is 2. The molecule has 0 fully saturated rings. The summed E-state index contributed by atoms with van der Waals surface area (Å²) in [5.41, 5.74) is 5.89. The molecule has 0 heterocycles. The van der Waals surface area contributed by atoms with Crippen molar-refractivity contribution in [2.45, 2.75) is 46.5 Å². The minimum absolute atomic E-state index is 0.0359. The van der Waals surface area contributed by atoms with Crippen molar-refractivity contribution in [2.75, 3.05) is 11.9 Å². The van der Waals surface area contributed by atoms with Crippen LogP contribution >= 0.6 is 11.6 Å². The highest BCUT2D eigenvalue weighted by atomic mass is 35.5. The monoisotopic (exact) mass is 422 g/mol. The second-order valence-corrected chi connectivity index (χ2v) is 8.27. The maximum absolute atomic E-state index is 12.7. The summed E-state index contributed by atoms with van der Waals surface area (Å²) >= 11 is 5.93. The topological polar surface area (TPSA) is 41.5 Å². The lowest BCUT2D eigenvalue weighted by Gasteiger charge is -2.28. The van der Waals surface area contributed by atoms with Gasteiger partial charge in [-0.25, -0.2) is 0 Å². The molecule has 0 spiro atoms. The number of carbonyl (C=O) groups is 1. The van der Waals surface area contributed by atoms with Crippen LogP contribution in [0, 0.1) is 11.8 Å². The summed E-state index contributed by atoms with van der Waals surface area (Å²) in [4.78, 5) is 17.4. The van der Waals surface area contributed by atoms with E-state index in [1.807, 2.05) is 19.1 Å². The van der Waals surface area contributed by atoms with Gasteiger partial charge in [-0.05, 0) is 81.4 Å². The summed E-state index contributed by atoms with van der Waals surface area (Å²) in [6.45, 7) is 7.11. The van der Waals surface area contributed by atoms with E-state index < -0.39 is 0 Å². The lowest BCUT2D eigenvalue weighted by molar-refractivity contribution is -0.118. The zero-order chi connectivity index (χ0) is 21.5. The molecule has 0 bridgehead atoms. The molecule has 2 aliphatic carbocycles. The minimum Gasteiger partial charge on any atom is -0.326 e. The van der Waals surface area contributed by atoms with Crippen LogP contribution in [0.1, 0.15) is 46.5 Å². The summed E-state index contributed by atoms with van der Waals surface area (Å²) in [5.74, 6) is 0.418. The number of aliphatic imine (C=N–C) groups is 1. The standard InChI is InChI=1S/C26H31ClN2O/c1-4-23(24-8-6-7-9-25(24)28-5-2)20-12-10-19(11-13-20)18(3)26(30)29-22-16-14-21(27)15-17-22/h6-10,14-18,20H,4-5,11-13H2,1-3H3,(H,29,30)/b24-23+,28-25?/t18-,20?/m1/s1. The molecule has 1 amide bonds. The van der Waals surface area contributed by atoms with Crippen LogP contribution in [0.15, 0.2) is 76.4 Å². The predicted octanol–water partition coefficient (Wildman–Crippen LogP) is 6.93. The Hall–Kier alpha value is -2.39. The van der Waals surface area contributed by atoms with E-state index in [0.717, 1.165) is 43.6 Å². The summed E-state index contributed by atoms with van der Waals surface area (Å²) in [6, 6.07) is 7.24. The Labute approximate surface area is 185 Å². The maximum atomic E-state index is 12.7. The number of hydrogen-bond donors (Lipinski definition) is 1. The highest BCUT2D eigenvalue weighted by molar-refractivity contribution is 6.30. The van der Waals surface area contributed by atoms with Gasteiger partial charge in [-0.1, -0.05) is 54.0 Å². The van der Waals surface area contributed by atoms with Gasteiger partial charge in [-0.2, -0.15) is 0 Å². The zero-order valence-corrected chi connectivity index (χ0v) is 18.9. The quantitative estimate of drug-likeness (QED) is 0.496. The van der Waals surface area contributed by atoms with Gasteiger partial charge in [0.25, 0.3) is 0 Å². The lowest BCUT2D eigenvalue weighted by Crippen LogP contribution is -2.24. The zero-order valence-electron chi connectivity index (χ0n) is 18.1. The molecule has 2 atom stereocenters. The van der Waals surface area contributed by atoms with E-state index in [1.165, 1.54) is 16.7 Å². The Balaban J connectivity index is 1.70. The lowest BCUT2D eigenvalue weighted by atomic mass is 9.77. The summed E-state index contributed by atoms with van der Waals surface area (Å²) in [7, 11) is 0. The molecule has 30 heavy (non-hydrogen) atoms.